The van der Waals surface area contributed by atoms with Crippen LogP contribution < -0.4 is 5.32 Å². The van der Waals surface area contributed by atoms with E-state index in [0.29, 0.717) is 5.92 Å². The zero-order valence-electron chi connectivity index (χ0n) is 11.0. The summed E-state index contributed by atoms with van der Waals surface area (Å²) in [7, 11) is 2.17. The molecule has 4 heteroatoms. The van der Waals surface area contributed by atoms with Crippen LogP contribution in [0, 0.1) is 5.92 Å². The fraction of sp³-hybridized carbons (Fsp3) is 0.692. The summed E-state index contributed by atoms with van der Waals surface area (Å²) in [4.78, 5) is 3.70. The minimum absolute atomic E-state index is 0.682. The van der Waals surface area contributed by atoms with Gasteiger partial charge < -0.3 is 10.2 Å². The minimum atomic E-state index is 0.682. The first-order valence-corrected chi connectivity index (χ1v) is 7.44. The molecule has 1 atom stereocenters. The molecule has 17 heavy (non-hydrogen) atoms. The quantitative estimate of drug-likeness (QED) is 0.731. The maximum Gasteiger partial charge on any atom is 0.0931 e. The van der Waals surface area contributed by atoms with Gasteiger partial charge in [-0.2, -0.15) is 0 Å². The van der Waals surface area contributed by atoms with Crippen LogP contribution in [-0.4, -0.2) is 31.6 Å². The van der Waals surface area contributed by atoms with Crippen LogP contribution in [-0.2, 0) is 6.54 Å². The summed E-state index contributed by atoms with van der Waals surface area (Å²) in [6, 6.07) is 4.09. The SMILES string of the molecule is CCCNCC(C)CN(C)Cc1ccc(Cl)s1. The van der Waals surface area contributed by atoms with E-state index in [0.717, 1.165) is 30.5 Å². The summed E-state index contributed by atoms with van der Waals surface area (Å²) in [5.74, 6) is 0.682. The van der Waals surface area contributed by atoms with E-state index < -0.39 is 0 Å². The molecule has 0 bridgehead atoms. The average Bonchev–Trinajstić information content (AvgIpc) is 2.64. The Morgan fingerprint density at radius 2 is 2.24 bits per heavy atom. The van der Waals surface area contributed by atoms with Crippen molar-refractivity contribution in [3.8, 4) is 0 Å². The second kappa shape index (κ2) is 8.09. The highest BCUT2D eigenvalue weighted by atomic mass is 35.5. The molecule has 1 aromatic heterocycles. The van der Waals surface area contributed by atoms with Gasteiger partial charge in [0.15, 0.2) is 0 Å². The molecule has 1 heterocycles. The van der Waals surface area contributed by atoms with Crippen LogP contribution in [0.15, 0.2) is 12.1 Å². The molecule has 1 unspecified atom stereocenters. The maximum atomic E-state index is 5.92. The minimum Gasteiger partial charge on any atom is -0.316 e. The Hall–Kier alpha value is -0.0900. The van der Waals surface area contributed by atoms with E-state index in [9.17, 15) is 0 Å². The van der Waals surface area contributed by atoms with Crippen LogP contribution in [0.25, 0.3) is 0 Å². The number of nitrogens with one attached hydrogen (secondary N) is 1. The number of rotatable bonds is 8. The first-order chi connectivity index (χ1) is 8.11. The van der Waals surface area contributed by atoms with Gasteiger partial charge in [0.1, 0.15) is 0 Å². The van der Waals surface area contributed by atoms with Crippen LogP contribution in [0.1, 0.15) is 25.1 Å². The molecule has 1 aromatic rings. The summed E-state index contributed by atoms with van der Waals surface area (Å²) >= 11 is 7.60. The van der Waals surface area contributed by atoms with Crippen molar-refractivity contribution < 1.29 is 0 Å². The van der Waals surface area contributed by atoms with E-state index in [2.05, 4.69) is 37.2 Å². The summed E-state index contributed by atoms with van der Waals surface area (Å²) in [6.07, 6.45) is 1.20. The Labute approximate surface area is 114 Å². The third kappa shape index (κ3) is 6.41. The van der Waals surface area contributed by atoms with Gasteiger partial charge in [-0.25, -0.2) is 0 Å². The highest BCUT2D eigenvalue weighted by Crippen LogP contribution is 2.22. The van der Waals surface area contributed by atoms with E-state index in [1.165, 1.54) is 11.3 Å². The van der Waals surface area contributed by atoms with Crippen LogP contribution >= 0.6 is 22.9 Å². The van der Waals surface area contributed by atoms with Crippen LogP contribution in [0.4, 0.5) is 0 Å². The molecule has 0 saturated carbocycles. The zero-order valence-corrected chi connectivity index (χ0v) is 12.6. The highest BCUT2D eigenvalue weighted by molar-refractivity contribution is 7.16. The normalized spacial score (nSPS) is 13.2. The van der Waals surface area contributed by atoms with Crippen molar-refractivity contribution in [3.63, 3.8) is 0 Å². The fourth-order valence-electron chi connectivity index (χ4n) is 1.89. The summed E-state index contributed by atoms with van der Waals surface area (Å²) in [6.45, 7) is 8.82. The number of hydrogen-bond donors (Lipinski definition) is 1. The molecular formula is C13H23ClN2S. The second-order valence-corrected chi connectivity index (χ2v) is 6.51. The topological polar surface area (TPSA) is 15.3 Å². The summed E-state index contributed by atoms with van der Waals surface area (Å²) in [5.41, 5.74) is 0. The lowest BCUT2D eigenvalue weighted by Gasteiger charge is -2.21. The number of hydrogen-bond acceptors (Lipinski definition) is 3. The molecule has 1 N–H and O–H groups in total. The third-order valence-corrected chi connectivity index (χ3v) is 3.81. The van der Waals surface area contributed by atoms with E-state index in [1.54, 1.807) is 11.3 Å². The van der Waals surface area contributed by atoms with E-state index in [-0.39, 0.29) is 0 Å². The van der Waals surface area contributed by atoms with Crippen LogP contribution in [0.2, 0.25) is 4.34 Å². The second-order valence-electron chi connectivity index (χ2n) is 4.71. The van der Waals surface area contributed by atoms with Gasteiger partial charge in [-0.05, 0) is 44.6 Å². The molecule has 0 fully saturated rings. The van der Waals surface area contributed by atoms with Crippen molar-refractivity contribution in [2.24, 2.45) is 5.92 Å². The molecule has 1 rings (SSSR count). The van der Waals surface area contributed by atoms with E-state index in [1.807, 2.05) is 6.07 Å². The van der Waals surface area contributed by atoms with Crippen molar-refractivity contribution in [2.75, 3.05) is 26.7 Å². The molecule has 0 aromatic carbocycles. The van der Waals surface area contributed by atoms with Crippen LogP contribution in [0.5, 0.6) is 0 Å². The lowest BCUT2D eigenvalue weighted by atomic mass is 10.1. The van der Waals surface area contributed by atoms with Gasteiger partial charge in [-0.3, -0.25) is 0 Å². The van der Waals surface area contributed by atoms with Gasteiger partial charge in [-0.15, -0.1) is 11.3 Å². The van der Waals surface area contributed by atoms with Gasteiger partial charge in [0, 0.05) is 18.0 Å². The first-order valence-electron chi connectivity index (χ1n) is 6.25. The average molecular weight is 275 g/mol. The number of nitrogens with zero attached hydrogens (tertiary/aromatic N) is 1. The summed E-state index contributed by atoms with van der Waals surface area (Å²) < 4.78 is 0.881. The molecule has 98 valence electrons. The maximum absolute atomic E-state index is 5.92. The van der Waals surface area contributed by atoms with Crippen molar-refractivity contribution >= 4 is 22.9 Å². The first kappa shape index (κ1) is 15.0. The monoisotopic (exact) mass is 274 g/mol. The molecule has 0 aliphatic rings. The largest absolute Gasteiger partial charge is 0.316 e. The smallest absolute Gasteiger partial charge is 0.0931 e. The predicted octanol–water partition coefficient (Wildman–Crippen LogP) is 3.47. The Morgan fingerprint density at radius 3 is 2.82 bits per heavy atom. The molecule has 0 saturated heterocycles. The lowest BCUT2D eigenvalue weighted by molar-refractivity contribution is 0.276. The fourth-order valence-corrected chi connectivity index (χ4v) is 3.06. The van der Waals surface area contributed by atoms with Crippen molar-refractivity contribution in [1.29, 1.82) is 0 Å². The zero-order chi connectivity index (χ0) is 12.7. The van der Waals surface area contributed by atoms with E-state index >= 15 is 0 Å². The Kier molecular flexibility index (Phi) is 7.12. The molecule has 0 amide bonds. The Bertz CT molecular complexity index is 314. The Balaban J connectivity index is 2.21. The van der Waals surface area contributed by atoms with Crippen LogP contribution in [0.3, 0.4) is 0 Å². The van der Waals surface area contributed by atoms with E-state index in [4.69, 9.17) is 11.6 Å². The van der Waals surface area contributed by atoms with Gasteiger partial charge in [0.05, 0.1) is 4.34 Å². The van der Waals surface area contributed by atoms with Crippen molar-refractivity contribution in [2.45, 2.75) is 26.8 Å². The van der Waals surface area contributed by atoms with Gasteiger partial charge >= 0.3 is 0 Å². The van der Waals surface area contributed by atoms with Gasteiger partial charge in [-0.1, -0.05) is 25.4 Å². The predicted molar refractivity (Wildman–Crippen MR) is 78.0 cm³/mol. The van der Waals surface area contributed by atoms with Crippen molar-refractivity contribution in [3.05, 3.63) is 21.3 Å². The lowest BCUT2D eigenvalue weighted by Crippen LogP contribution is -2.30. The molecule has 2 nitrogen and oxygen atoms in total. The highest BCUT2D eigenvalue weighted by Gasteiger charge is 2.07. The number of halogens is 1. The Morgan fingerprint density at radius 1 is 1.47 bits per heavy atom. The standard InChI is InChI=1S/C13H23ClN2S/c1-4-7-15-8-11(2)9-16(3)10-12-5-6-13(14)17-12/h5-6,11,15H,4,7-10H2,1-3H3. The molecular weight excluding hydrogens is 252 g/mol. The summed E-state index contributed by atoms with van der Waals surface area (Å²) in [5, 5.41) is 3.46. The van der Waals surface area contributed by atoms with Gasteiger partial charge in [0.2, 0.25) is 0 Å². The molecule has 0 radical (unpaired) electrons. The van der Waals surface area contributed by atoms with Crippen molar-refractivity contribution in [1.82, 2.24) is 10.2 Å². The molecule has 0 aliphatic heterocycles. The van der Waals surface area contributed by atoms with Gasteiger partial charge in [0.25, 0.3) is 0 Å². The molecule has 0 aliphatic carbocycles. The molecule has 0 spiro atoms. The number of thiophene rings is 1. The third-order valence-electron chi connectivity index (χ3n) is 2.60.